The third kappa shape index (κ3) is 4.64. The van der Waals surface area contributed by atoms with Crippen LogP contribution in [0, 0.1) is 0 Å². The van der Waals surface area contributed by atoms with E-state index < -0.39 is 11.5 Å². The molecule has 5 N–H and O–H groups in total. The van der Waals surface area contributed by atoms with Gasteiger partial charge >= 0.3 is 5.97 Å². The maximum Gasteiger partial charge on any atom is 0.303 e. The van der Waals surface area contributed by atoms with E-state index >= 15 is 0 Å². The van der Waals surface area contributed by atoms with Crippen LogP contribution in [0.2, 0.25) is 0 Å². The Labute approximate surface area is 164 Å². The molecule has 0 radical (unpaired) electrons. The van der Waals surface area contributed by atoms with Gasteiger partial charge in [-0.05, 0) is 30.7 Å². The van der Waals surface area contributed by atoms with Crippen LogP contribution in [0.1, 0.15) is 23.2 Å². The van der Waals surface area contributed by atoms with Gasteiger partial charge in [-0.2, -0.15) is 4.98 Å². The smallest absolute Gasteiger partial charge is 0.303 e. The van der Waals surface area contributed by atoms with Gasteiger partial charge in [0.15, 0.2) is 17.0 Å². The number of nitrogens with one attached hydrogen (secondary N) is 2. The van der Waals surface area contributed by atoms with E-state index in [0.29, 0.717) is 17.8 Å². The van der Waals surface area contributed by atoms with Crippen molar-refractivity contribution in [2.45, 2.75) is 12.8 Å². The Balaban J connectivity index is 1.72. The van der Waals surface area contributed by atoms with E-state index in [1.807, 2.05) is 0 Å². The number of H-pyrrole nitrogens is 1. The SMILES string of the molecule is CN(c1ccc(C(=O)NCCCC(=O)O)cc1)c1cnc2nc(N)[nH]c(=O)c2n1. The quantitative estimate of drug-likeness (QED) is 0.419. The second-order valence-electron chi connectivity index (χ2n) is 6.21. The number of carboxylic acids is 1. The third-order valence-electron chi connectivity index (χ3n) is 4.14. The zero-order valence-corrected chi connectivity index (χ0v) is 15.5. The molecule has 0 aliphatic heterocycles. The molecular weight excluding hydrogens is 378 g/mol. The van der Waals surface area contributed by atoms with Gasteiger partial charge in [-0.25, -0.2) is 9.97 Å². The number of aliphatic carboxylic acids is 1. The second-order valence-corrected chi connectivity index (χ2v) is 6.21. The molecule has 0 spiro atoms. The lowest BCUT2D eigenvalue weighted by atomic mass is 10.2. The summed E-state index contributed by atoms with van der Waals surface area (Å²) in [6.45, 7) is 0.284. The number of rotatable bonds is 7. The Morgan fingerprint density at radius 1 is 1.24 bits per heavy atom. The van der Waals surface area contributed by atoms with Gasteiger partial charge in [-0.1, -0.05) is 0 Å². The minimum absolute atomic E-state index is 0.00174. The van der Waals surface area contributed by atoms with E-state index in [1.165, 1.54) is 6.20 Å². The van der Waals surface area contributed by atoms with Crippen LogP contribution in [0.3, 0.4) is 0 Å². The number of anilines is 3. The summed E-state index contributed by atoms with van der Waals surface area (Å²) in [5.74, 6) is -0.801. The van der Waals surface area contributed by atoms with Gasteiger partial charge < -0.3 is 21.1 Å². The summed E-state index contributed by atoms with van der Waals surface area (Å²) in [4.78, 5) is 51.0. The molecule has 150 valence electrons. The number of hydrogen-bond donors (Lipinski definition) is 4. The van der Waals surface area contributed by atoms with Gasteiger partial charge in [0.1, 0.15) is 0 Å². The summed E-state index contributed by atoms with van der Waals surface area (Å²) in [6.07, 6.45) is 1.83. The molecule has 1 aromatic carbocycles. The van der Waals surface area contributed by atoms with Crippen molar-refractivity contribution in [3.05, 3.63) is 46.4 Å². The molecule has 3 aromatic rings. The number of fused-ring (bicyclic) bond motifs is 1. The van der Waals surface area contributed by atoms with Crippen LogP contribution >= 0.6 is 0 Å². The van der Waals surface area contributed by atoms with Crippen LogP contribution < -0.4 is 21.5 Å². The number of aromatic nitrogens is 4. The Hall–Kier alpha value is -4.02. The summed E-state index contributed by atoms with van der Waals surface area (Å²) in [6, 6.07) is 6.73. The van der Waals surface area contributed by atoms with Gasteiger partial charge in [0, 0.05) is 31.3 Å². The minimum atomic E-state index is -0.898. The molecule has 29 heavy (non-hydrogen) atoms. The summed E-state index contributed by atoms with van der Waals surface area (Å²) >= 11 is 0. The van der Waals surface area contributed by atoms with E-state index in [2.05, 4.69) is 25.3 Å². The molecule has 11 nitrogen and oxygen atoms in total. The van der Waals surface area contributed by atoms with Gasteiger partial charge in [0.05, 0.1) is 6.20 Å². The van der Waals surface area contributed by atoms with Crippen molar-refractivity contribution in [2.24, 2.45) is 0 Å². The van der Waals surface area contributed by atoms with Crippen LogP contribution in [-0.4, -0.2) is 50.5 Å². The molecule has 0 unspecified atom stereocenters. The molecular formula is C18H19N7O4. The molecule has 0 bridgehead atoms. The number of carboxylic acid groups (broad SMARTS) is 1. The third-order valence-corrected chi connectivity index (χ3v) is 4.14. The molecule has 0 saturated carbocycles. The van der Waals surface area contributed by atoms with Crippen molar-refractivity contribution in [2.75, 3.05) is 24.2 Å². The average Bonchev–Trinajstić information content (AvgIpc) is 2.70. The van der Waals surface area contributed by atoms with Crippen LogP contribution in [0.15, 0.2) is 35.3 Å². The number of nitrogens with zero attached hydrogens (tertiary/aromatic N) is 4. The minimum Gasteiger partial charge on any atom is -0.481 e. The maximum absolute atomic E-state index is 12.1. The largest absolute Gasteiger partial charge is 0.481 e. The fourth-order valence-electron chi connectivity index (χ4n) is 2.60. The molecule has 2 heterocycles. The molecule has 11 heteroatoms. The maximum atomic E-state index is 12.1. The number of amides is 1. The van der Waals surface area contributed by atoms with E-state index in [9.17, 15) is 14.4 Å². The molecule has 3 rings (SSSR count). The van der Waals surface area contributed by atoms with Crippen LogP contribution in [0.25, 0.3) is 11.2 Å². The number of carbonyl (C=O) groups excluding carboxylic acids is 1. The molecule has 2 aromatic heterocycles. The number of carbonyl (C=O) groups is 2. The molecule has 0 fully saturated rings. The second kappa shape index (κ2) is 8.33. The lowest BCUT2D eigenvalue weighted by Gasteiger charge is -2.18. The van der Waals surface area contributed by atoms with Crippen molar-refractivity contribution < 1.29 is 14.7 Å². The first-order valence-electron chi connectivity index (χ1n) is 8.71. The molecule has 1 amide bonds. The first-order valence-corrected chi connectivity index (χ1v) is 8.71. The molecule has 0 aliphatic carbocycles. The Kier molecular flexibility index (Phi) is 5.67. The van der Waals surface area contributed by atoms with Gasteiger partial charge in [-0.3, -0.25) is 19.4 Å². The van der Waals surface area contributed by atoms with Crippen molar-refractivity contribution >= 4 is 40.5 Å². The van der Waals surface area contributed by atoms with E-state index in [0.717, 1.165) is 5.69 Å². The molecule has 0 atom stereocenters. The van der Waals surface area contributed by atoms with Crippen LogP contribution in [0.5, 0.6) is 0 Å². The summed E-state index contributed by atoms with van der Waals surface area (Å²) in [7, 11) is 1.75. The Morgan fingerprint density at radius 2 is 1.97 bits per heavy atom. The van der Waals surface area contributed by atoms with Crippen LogP contribution in [-0.2, 0) is 4.79 Å². The van der Waals surface area contributed by atoms with Crippen molar-refractivity contribution in [1.82, 2.24) is 25.3 Å². The number of nitrogens with two attached hydrogens (primary N) is 1. The first kappa shape index (κ1) is 19.7. The lowest BCUT2D eigenvalue weighted by molar-refractivity contribution is -0.137. The van der Waals surface area contributed by atoms with Crippen LogP contribution in [0.4, 0.5) is 17.5 Å². The zero-order valence-electron chi connectivity index (χ0n) is 15.5. The van der Waals surface area contributed by atoms with Gasteiger partial charge in [0.2, 0.25) is 5.95 Å². The predicted molar refractivity (Wildman–Crippen MR) is 106 cm³/mol. The lowest BCUT2D eigenvalue weighted by Crippen LogP contribution is -2.25. The Bertz CT molecular complexity index is 1110. The summed E-state index contributed by atoms with van der Waals surface area (Å²) in [5, 5.41) is 11.3. The highest BCUT2D eigenvalue weighted by molar-refractivity contribution is 5.94. The van der Waals surface area contributed by atoms with Gasteiger partial charge in [-0.15, -0.1) is 0 Å². The average molecular weight is 397 g/mol. The molecule has 0 aliphatic rings. The highest BCUT2D eigenvalue weighted by Gasteiger charge is 2.12. The fraction of sp³-hybridized carbons (Fsp3) is 0.222. The predicted octanol–water partition coefficient (Wildman–Crippen LogP) is 0.658. The fourth-order valence-corrected chi connectivity index (χ4v) is 2.60. The standard InChI is InChI=1S/C18H19N7O4/c1-25(12-9-21-15-14(22-12)17(29)24-18(19)23-15)11-6-4-10(5-7-11)16(28)20-8-2-3-13(26)27/h4-7,9H,2-3,8H2,1H3,(H,20,28)(H,26,27)(H3,19,21,23,24,29). The van der Waals surface area contributed by atoms with Crippen molar-refractivity contribution in [3.63, 3.8) is 0 Å². The summed E-state index contributed by atoms with van der Waals surface area (Å²) in [5.41, 5.74) is 6.41. The number of nitrogen functional groups attached to an aromatic ring is 1. The Morgan fingerprint density at radius 3 is 2.66 bits per heavy atom. The highest BCUT2D eigenvalue weighted by Crippen LogP contribution is 2.22. The number of aromatic amines is 1. The highest BCUT2D eigenvalue weighted by atomic mass is 16.4. The van der Waals surface area contributed by atoms with E-state index in [4.69, 9.17) is 10.8 Å². The normalized spacial score (nSPS) is 10.7. The van der Waals surface area contributed by atoms with Crippen molar-refractivity contribution in [3.8, 4) is 0 Å². The number of benzene rings is 1. The summed E-state index contributed by atoms with van der Waals surface area (Å²) < 4.78 is 0. The van der Waals surface area contributed by atoms with Gasteiger partial charge in [0.25, 0.3) is 11.5 Å². The van der Waals surface area contributed by atoms with Crippen molar-refractivity contribution in [1.29, 1.82) is 0 Å². The monoisotopic (exact) mass is 397 g/mol. The molecule has 0 saturated heterocycles. The number of hydrogen-bond acceptors (Lipinski definition) is 8. The van der Waals surface area contributed by atoms with E-state index in [1.54, 1.807) is 36.2 Å². The topological polar surface area (TPSA) is 167 Å². The first-order chi connectivity index (χ1) is 13.8. The zero-order chi connectivity index (χ0) is 21.0. The van der Waals surface area contributed by atoms with E-state index in [-0.39, 0.29) is 36.0 Å².